The number of aryl methyl sites for hydroxylation is 1. The summed E-state index contributed by atoms with van der Waals surface area (Å²) in [4.78, 5) is 6.99. The Bertz CT molecular complexity index is 366. The third-order valence-corrected chi connectivity index (χ3v) is 4.04. The molecular formula is C16H27N3. The average molecular weight is 261 g/mol. The van der Waals surface area contributed by atoms with Crippen LogP contribution in [0.25, 0.3) is 0 Å². The Hall–Kier alpha value is -0.930. The minimum Gasteiger partial charge on any atom is -0.317 e. The van der Waals surface area contributed by atoms with Crippen molar-refractivity contribution >= 4 is 0 Å². The van der Waals surface area contributed by atoms with Crippen LogP contribution in [-0.4, -0.2) is 35.6 Å². The Labute approximate surface area is 117 Å². The minimum absolute atomic E-state index is 0.594. The summed E-state index contributed by atoms with van der Waals surface area (Å²) < 4.78 is 0. The first-order chi connectivity index (χ1) is 9.15. The summed E-state index contributed by atoms with van der Waals surface area (Å²) >= 11 is 0. The van der Waals surface area contributed by atoms with Crippen molar-refractivity contribution < 1.29 is 0 Å². The lowest BCUT2D eigenvalue weighted by Gasteiger charge is -2.32. The Morgan fingerprint density at radius 3 is 2.63 bits per heavy atom. The van der Waals surface area contributed by atoms with Crippen molar-refractivity contribution in [1.82, 2.24) is 15.2 Å². The van der Waals surface area contributed by atoms with Crippen LogP contribution in [0.1, 0.15) is 37.9 Å². The van der Waals surface area contributed by atoms with Crippen LogP contribution in [0, 0.1) is 12.8 Å². The van der Waals surface area contributed by atoms with E-state index in [1.54, 1.807) is 0 Å². The van der Waals surface area contributed by atoms with E-state index in [1.807, 2.05) is 13.1 Å². The molecule has 1 aliphatic rings. The van der Waals surface area contributed by atoms with Gasteiger partial charge < -0.3 is 5.32 Å². The Morgan fingerprint density at radius 2 is 2.05 bits per heavy atom. The normalized spacial score (nSPS) is 17.3. The molecule has 0 aliphatic carbocycles. The van der Waals surface area contributed by atoms with Crippen LogP contribution in [0.5, 0.6) is 0 Å². The third-order valence-electron chi connectivity index (χ3n) is 4.04. The number of hydrogen-bond acceptors (Lipinski definition) is 3. The zero-order valence-corrected chi connectivity index (χ0v) is 12.5. The van der Waals surface area contributed by atoms with E-state index in [2.05, 4.69) is 41.2 Å². The highest BCUT2D eigenvalue weighted by Crippen LogP contribution is 2.17. The summed E-state index contributed by atoms with van der Waals surface area (Å²) in [7, 11) is 0. The molecule has 106 valence electrons. The lowest BCUT2D eigenvalue weighted by Crippen LogP contribution is -2.39. The van der Waals surface area contributed by atoms with Crippen LogP contribution >= 0.6 is 0 Å². The quantitative estimate of drug-likeness (QED) is 0.883. The van der Waals surface area contributed by atoms with Gasteiger partial charge in [-0.15, -0.1) is 0 Å². The van der Waals surface area contributed by atoms with Crippen molar-refractivity contribution in [3.63, 3.8) is 0 Å². The molecule has 0 radical (unpaired) electrons. The smallest absolute Gasteiger partial charge is 0.0372 e. The van der Waals surface area contributed by atoms with E-state index in [0.29, 0.717) is 6.04 Å². The van der Waals surface area contributed by atoms with Crippen LogP contribution in [0.4, 0.5) is 0 Å². The van der Waals surface area contributed by atoms with Gasteiger partial charge in [-0.3, -0.25) is 9.88 Å². The van der Waals surface area contributed by atoms with Gasteiger partial charge in [-0.1, -0.05) is 6.07 Å². The molecule has 0 amide bonds. The topological polar surface area (TPSA) is 28.2 Å². The number of pyridine rings is 1. The molecule has 2 rings (SSSR count). The molecule has 19 heavy (non-hydrogen) atoms. The number of piperidine rings is 1. The number of nitrogens with one attached hydrogen (secondary N) is 1. The molecule has 1 aliphatic heterocycles. The summed E-state index contributed by atoms with van der Waals surface area (Å²) in [5.41, 5.74) is 2.42. The molecule has 1 saturated heterocycles. The van der Waals surface area contributed by atoms with E-state index >= 15 is 0 Å². The number of nitrogens with zero attached hydrogens (tertiary/aromatic N) is 2. The Kier molecular flexibility index (Phi) is 5.34. The second-order valence-electron chi connectivity index (χ2n) is 6.02. The molecule has 0 bridgehead atoms. The van der Waals surface area contributed by atoms with E-state index in [4.69, 9.17) is 0 Å². The number of hydrogen-bond donors (Lipinski definition) is 1. The zero-order chi connectivity index (χ0) is 13.7. The summed E-state index contributed by atoms with van der Waals surface area (Å²) in [6.45, 7) is 11.2. The van der Waals surface area contributed by atoms with Crippen molar-refractivity contribution in [2.45, 2.75) is 46.2 Å². The van der Waals surface area contributed by atoms with Crippen molar-refractivity contribution in [1.29, 1.82) is 0 Å². The van der Waals surface area contributed by atoms with Gasteiger partial charge in [0.25, 0.3) is 0 Å². The van der Waals surface area contributed by atoms with Crippen LogP contribution < -0.4 is 5.32 Å². The predicted octanol–water partition coefficient (Wildman–Crippen LogP) is 2.60. The largest absolute Gasteiger partial charge is 0.317 e. The maximum atomic E-state index is 4.40. The van der Waals surface area contributed by atoms with E-state index in [9.17, 15) is 0 Å². The van der Waals surface area contributed by atoms with Gasteiger partial charge >= 0.3 is 0 Å². The standard InChI is InChI=1S/C16H27N3/c1-13(2)19(11-15-6-8-17-9-7-15)12-16-5-4-14(3)18-10-16/h4-5,10,13,15,17H,6-9,11-12H2,1-3H3. The van der Waals surface area contributed by atoms with Gasteiger partial charge in [0.15, 0.2) is 0 Å². The number of rotatable bonds is 5. The fourth-order valence-electron chi connectivity index (χ4n) is 2.68. The fourth-order valence-corrected chi connectivity index (χ4v) is 2.68. The second kappa shape index (κ2) is 7.01. The molecule has 2 heterocycles. The Balaban J connectivity index is 1.93. The third kappa shape index (κ3) is 4.59. The van der Waals surface area contributed by atoms with Gasteiger partial charge in [0.1, 0.15) is 0 Å². The number of aromatic nitrogens is 1. The average Bonchev–Trinajstić information content (AvgIpc) is 2.41. The molecular weight excluding hydrogens is 234 g/mol. The van der Waals surface area contributed by atoms with Gasteiger partial charge in [0.2, 0.25) is 0 Å². The molecule has 1 aromatic rings. The summed E-state index contributed by atoms with van der Waals surface area (Å²) in [6.07, 6.45) is 4.65. The maximum absolute atomic E-state index is 4.40. The summed E-state index contributed by atoms with van der Waals surface area (Å²) in [5.74, 6) is 0.849. The molecule has 3 nitrogen and oxygen atoms in total. The maximum Gasteiger partial charge on any atom is 0.0372 e. The fraction of sp³-hybridized carbons (Fsp3) is 0.688. The van der Waals surface area contributed by atoms with Crippen molar-refractivity contribution in [3.05, 3.63) is 29.6 Å². The highest BCUT2D eigenvalue weighted by atomic mass is 15.1. The molecule has 0 atom stereocenters. The predicted molar refractivity (Wildman–Crippen MR) is 80.1 cm³/mol. The van der Waals surface area contributed by atoms with Crippen molar-refractivity contribution in [3.8, 4) is 0 Å². The molecule has 0 saturated carbocycles. The van der Waals surface area contributed by atoms with Gasteiger partial charge in [0.05, 0.1) is 0 Å². The summed E-state index contributed by atoms with van der Waals surface area (Å²) in [5, 5.41) is 3.44. The molecule has 3 heteroatoms. The molecule has 1 fully saturated rings. The van der Waals surface area contributed by atoms with E-state index < -0.39 is 0 Å². The monoisotopic (exact) mass is 261 g/mol. The van der Waals surface area contributed by atoms with Crippen LogP contribution in [-0.2, 0) is 6.54 Å². The van der Waals surface area contributed by atoms with Crippen molar-refractivity contribution in [2.24, 2.45) is 5.92 Å². The first-order valence-corrected chi connectivity index (χ1v) is 7.51. The first kappa shape index (κ1) is 14.5. The highest BCUT2D eigenvalue weighted by molar-refractivity contribution is 5.13. The van der Waals surface area contributed by atoms with Gasteiger partial charge in [0, 0.05) is 31.0 Å². The van der Waals surface area contributed by atoms with Crippen LogP contribution in [0.15, 0.2) is 18.3 Å². The first-order valence-electron chi connectivity index (χ1n) is 7.51. The molecule has 1 aromatic heterocycles. The molecule has 0 unspecified atom stereocenters. The van der Waals surface area contributed by atoms with E-state index in [0.717, 1.165) is 18.2 Å². The lowest BCUT2D eigenvalue weighted by molar-refractivity contribution is 0.161. The van der Waals surface area contributed by atoms with Gasteiger partial charge in [-0.2, -0.15) is 0 Å². The van der Waals surface area contributed by atoms with Gasteiger partial charge in [-0.05, 0) is 64.3 Å². The van der Waals surface area contributed by atoms with Crippen LogP contribution in [0.2, 0.25) is 0 Å². The SMILES string of the molecule is Cc1ccc(CN(CC2CCNCC2)C(C)C)cn1. The lowest BCUT2D eigenvalue weighted by atomic mass is 9.97. The second-order valence-corrected chi connectivity index (χ2v) is 6.02. The zero-order valence-electron chi connectivity index (χ0n) is 12.5. The van der Waals surface area contributed by atoms with Crippen LogP contribution in [0.3, 0.4) is 0 Å². The molecule has 0 aromatic carbocycles. The highest BCUT2D eigenvalue weighted by Gasteiger charge is 2.19. The molecule has 1 N–H and O–H groups in total. The Morgan fingerprint density at radius 1 is 1.32 bits per heavy atom. The van der Waals surface area contributed by atoms with Crippen molar-refractivity contribution in [2.75, 3.05) is 19.6 Å². The van der Waals surface area contributed by atoms with Gasteiger partial charge in [-0.25, -0.2) is 0 Å². The minimum atomic E-state index is 0.594. The molecule has 0 spiro atoms. The van der Waals surface area contributed by atoms with E-state index in [1.165, 1.54) is 38.0 Å². The summed E-state index contributed by atoms with van der Waals surface area (Å²) in [6, 6.07) is 4.91. The van der Waals surface area contributed by atoms with E-state index in [-0.39, 0.29) is 0 Å².